The van der Waals surface area contributed by atoms with Gasteiger partial charge < -0.3 is 10.1 Å². The third-order valence-electron chi connectivity index (χ3n) is 6.40. The number of carbonyl (C=O) groups excluding carboxylic acids is 2. The van der Waals surface area contributed by atoms with E-state index in [1.165, 1.54) is 6.07 Å². The van der Waals surface area contributed by atoms with Gasteiger partial charge in [-0.1, -0.05) is 49.1 Å². The predicted octanol–water partition coefficient (Wildman–Crippen LogP) is 3.42. The van der Waals surface area contributed by atoms with Gasteiger partial charge in [-0.3, -0.25) is 15.0 Å². The van der Waals surface area contributed by atoms with Crippen LogP contribution >= 0.6 is 0 Å². The summed E-state index contributed by atoms with van der Waals surface area (Å²) >= 11 is 0. The van der Waals surface area contributed by atoms with E-state index < -0.39 is 11.6 Å². The number of hydrogen-bond donors (Lipinski definition) is 2. The zero-order valence-corrected chi connectivity index (χ0v) is 18.0. The number of para-hydroxylation sites is 1. The fraction of sp³-hybridized carbons (Fsp3) is 0.360. The van der Waals surface area contributed by atoms with Crippen molar-refractivity contribution in [3.63, 3.8) is 0 Å². The summed E-state index contributed by atoms with van der Waals surface area (Å²) in [6, 6.07) is 13.8. The third kappa shape index (κ3) is 4.53. The molecule has 32 heavy (non-hydrogen) atoms. The van der Waals surface area contributed by atoms with Gasteiger partial charge in [-0.2, -0.15) is 0 Å². The van der Waals surface area contributed by atoms with E-state index in [0.29, 0.717) is 12.2 Å². The van der Waals surface area contributed by atoms with Crippen LogP contribution in [-0.2, 0) is 17.8 Å². The SMILES string of the molecule is C=CCOc1ccccc1CN1CCC(C2(Cc3ccccc3F)NC(=O)NC2=O)CC1. The monoisotopic (exact) mass is 437 g/mol. The number of carbonyl (C=O) groups is 2. The molecule has 3 amide bonds. The molecule has 1 unspecified atom stereocenters. The van der Waals surface area contributed by atoms with Crippen LogP contribution in [0.25, 0.3) is 0 Å². The predicted molar refractivity (Wildman–Crippen MR) is 120 cm³/mol. The van der Waals surface area contributed by atoms with Gasteiger partial charge in [0.2, 0.25) is 0 Å². The number of likely N-dealkylation sites (tertiary alicyclic amines) is 1. The lowest BCUT2D eigenvalue weighted by Gasteiger charge is -2.41. The number of nitrogens with zero attached hydrogens (tertiary/aromatic N) is 1. The first kappa shape index (κ1) is 22.0. The van der Waals surface area contributed by atoms with Gasteiger partial charge in [0.15, 0.2) is 0 Å². The molecule has 0 aromatic heterocycles. The van der Waals surface area contributed by atoms with E-state index in [-0.39, 0.29) is 24.1 Å². The summed E-state index contributed by atoms with van der Waals surface area (Å²) in [5.74, 6) is 0.0202. The maximum atomic E-state index is 14.4. The number of rotatable bonds is 8. The van der Waals surface area contributed by atoms with Crippen molar-refractivity contribution < 1.29 is 18.7 Å². The zero-order valence-electron chi connectivity index (χ0n) is 18.0. The van der Waals surface area contributed by atoms with E-state index in [1.807, 2.05) is 18.2 Å². The molecule has 2 aromatic carbocycles. The lowest BCUT2D eigenvalue weighted by molar-refractivity contribution is -0.126. The Morgan fingerprint density at radius 2 is 1.78 bits per heavy atom. The van der Waals surface area contributed by atoms with E-state index in [0.717, 1.165) is 43.8 Å². The fourth-order valence-electron chi connectivity index (χ4n) is 4.75. The zero-order chi connectivity index (χ0) is 22.6. The Hall–Kier alpha value is -3.19. The van der Waals surface area contributed by atoms with Gasteiger partial charge in [-0.25, -0.2) is 9.18 Å². The van der Waals surface area contributed by atoms with Crippen molar-refractivity contribution >= 4 is 11.9 Å². The molecule has 2 aliphatic heterocycles. The van der Waals surface area contributed by atoms with E-state index in [1.54, 1.807) is 24.3 Å². The molecule has 0 radical (unpaired) electrons. The molecule has 168 valence electrons. The highest BCUT2D eigenvalue weighted by Gasteiger charge is 2.52. The van der Waals surface area contributed by atoms with Crippen molar-refractivity contribution in [3.05, 3.63) is 78.1 Å². The Kier molecular flexibility index (Phi) is 6.55. The third-order valence-corrected chi connectivity index (χ3v) is 6.40. The van der Waals surface area contributed by atoms with Crippen LogP contribution in [-0.4, -0.2) is 42.1 Å². The lowest BCUT2D eigenvalue weighted by Crippen LogP contribution is -2.57. The molecule has 0 aliphatic carbocycles. The molecule has 7 heteroatoms. The minimum Gasteiger partial charge on any atom is -0.489 e. The summed E-state index contributed by atoms with van der Waals surface area (Å²) in [6.45, 7) is 6.42. The molecule has 2 aromatic rings. The van der Waals surface area contributed by atoms with Crippen molar-refractivity contribution in [1.29, 1.82) is 0 Å². The first-order valence-corrected chi connectivity index (χ1v) is 10.9. The average Bonchev–Trinajstić information content (AvgIpc) is 3.09. The van der Waals surface area contributed by atoms with Crippen LogP contribution in [0.5, 0.6) is 5.75 Å². The Morgan fingerprint density at radius 3 is 2.44 bits per heavy atom. The molecule has 2 heterocycles. The summed E-state index contributed by atoms with van der Waals surface area (Å²) in [6.07, 6.45) is 3.30. The molecular weight excluding hydrogens is 409 g/mol. The molecule has 4 rings (SSSR count). The number of imide groups is 1. The molecule has 2 saturated heterocycles. The molecule has 2 fully saturated rings. The number of urea groups is 1. The number of piperidine rings is 1. The first-order chi connectivity index (χ1) is 15.5. The second-order valence-electron chi connectivity index (χ2n) is 8.41. The number of amides is 3. The Balaban J connectivity index is 1.47. The quantitative estimate of drug-likeness (QED) is 0.490. The molecule has 0 bridgehead atoms. The van der Waals surface area contributed by atoms with E-state index >= 15 is 0 Å². The summed E-state index contributed by atoms with van der Waals surface area (Å²) in [4.78, 5) is 27.2. The highest BCUT2D eigenvalue weighted by Crippen LogP contribution is 2.35. The summed E-state index contributed by atoms with van der Waals surface area (Å²) in [5, 5.41) is 5.22. The molecule has 0 spiro atoms. The molecule has 1 atom stereocenters. The average molecular weight is 438 g/mol. The van der Waals surface area contributed by atoms with Crippen LogP contribution < -0.4 is 15.4 Å². The van der Waals surface area contributed by atoms with Gasteiger partial charge in [-0.15, -0.1) is 0 Å². The summed E-state index contributed by atoms with van der Waals surface area (Å²) in [5.41, 5.74) is 0.400. The van der Waals surface area contributed by atoms with Crippen LogP contribution in [0.15, 0.2) is 61.2 Å². The standard InChI is InChI=1S/C25H28FN3O3/c1-2-15-32-22-10-6-4-8-19(22)17-29-13-11-20(12-14-29)25(23(30)27-24(31)28-25)16-18-7-3-5-9-21(18)26/h2-10,20H,1,11-17H2,(H2,27,28,30,31). The molecule has 0 saturated carbocycles. The maximum absolute atomic E-state index is 14.4. The smallest absolute Gasteiger partial charge is 0.322 e. The second kappa shape index (κ2) is 9.53. The number of ether oxygens (including phenoxy) is 1. The second-order valence-corrected chi connectivity index (χ2v) is 8.41. The van der Waals surface area contributed by atoms with Crippen molar-refractivity contribution in [2.75, 3.05) is 19.7 Å². The Bertz CT molecular complexity index is 1000. The minimum atomic E-state index is -1.13. The van der Waals surface area contributed by atoms with Crippen LogP contribution in [0, 0.1) is 11.7 Å². The van der Waals surface area contributed by atoms with Crippen molar-refractivity contribution in [2.45, 2.75) is 31.3 Å². The van der Waals surface area contributed by atoms with Gasteiger partial charge in [0.1, 0.15) is 23.7 Å². The van der Waals surface area contributed by atoms with Crippen molar-refractivity contribution in [1.82, 2.24) is 15.5 Å². The number of benzene rings is 2. The summed E-state index contributed by atoms with van der Waals surface area (Å²) < 4.78 is 20.1. The van der Waals surface area contributed by atoms with Gasteiger partial charge in [0.05, 0.1) is 0 Å². The van der Waals surface area contributed by atoms with Crippen LogP contribution in [0.3, 0.4) is 0 Å². The number of halogens is 1. The number of nitrogens with one attached hydrogen (secondary N) is 2. The van der Waals surface area contributed by atoms with Gasteiger partial charge in [0.25, 0.3) is 5.91 Å². The first-order valence-electron chi connectivity index (χ1n) is 10.9. The topological polar surface area (TPSA) is 70.7 Å². The van der Waals surface area contributed by atoms with Crippen LogP contribution in [0.2, 0.25) is 0 Å². The van der Waals surface area contributed by atoms with Gasteiger partial charge in [0, 0.05) is 18.5 Å². The van der Waals surface area contributed by atoms with Crippen LogP contribution in [0.1, 0.15) is 24.0 Å². The molecule has 6 nitrogen and oxygen atoms in total. The fourth-order valence-corrected chi connectivity index (χ4v) is 4.75. The normalized spacial score (nSPS) is 21.8. The minimum absolute atomic E-state index is 0.0861. The highest BCUT2D eigenvalue weighted by molar-refractivity contribution is 6.07. The highest BCUT2D eigenvalue weighted by atomic mass is 19.1. The lowest BCUT2D eigenvalue weighted by atomic mass is 9.74. The van der Waals surface area contributed by atoms with E-state index in [9.17, 15) is 14.0 Å². The Labute approximate surface area is 187 Å². The maximum Gasteiger partial charge on any atom is 0.322 e. The van der Waals surface area contributed by atoms with Crippen LogP contribution in [0.4, 0.5) is 9.18 Å². The van der Waals surface area contributed by atoms with E-state index in [2.05, 4.69) is 28.2 Å². The van der Waals surface area contributed by atoms with Gasteiger partial charge >= 0.3 is 6.03 Å². The molecule has 2 aliphatic rings. The van der Waals surface area contributed by atoms with Crippen molar-refractivity contribution in [3.8, 4) is 5.75 Å². The number of hydrogen-bond acceptors (Lipinski definition) is 4. The molecular formula is C25H28FN3O3. The largest absolute Gasteiger partial charge is 0.489 e. The van der Waals surface area contributed by atoms with Gasteiger partial charge in [-0.05, 0) is 49.5 Å². The van der Waals surface area contributed by atoms with Crippen molar-refractivity contribution in [2.24, 2.45) is 5.92 Å². The summed E-state index contributed by atoms with van der Waals surface area (Å²) in [7, 11) is 0. The molecule has 2 N–H and O–H groups in total. The van der Waals surface area contributed by atoms with E-state index in [4.69, 9.17) is 4.74 Å². The Morgan fingerprint density at radius 1 is 1.09 bits per heavy atom.